The largest absolute Gasteiger partial charge is 0.393 e. The summed E-state index contributed by atoms with van der Waals surface area (Å²) in [5, 5.41) is 12.6. The van der Waals surface area contributed by atoms with E-state index in [1.54, 1.807) is 7.05 Å². The number of carbonyl (C=O) groups is 2. The zero-order valence-electron chi connectivity index (χ0n) is 14.3. The summed E-state index contributed by atoms with van der Waals surface area (Å²) in [5.41, 5.74) is 3.70. The molecule has 0 aliphatic heterocycles. The van der Waals surface area contributed by atoms with Gasteiger partial charge in [0.2, 0.25) is 0 Å². The normalized spacial score (nSPS) is 20.4. The van der Waals surface area contributed by atoms with E-state index in [9.17, 15) is 14.7 Å². The van der Waals surface area contributed by atoms with Gasteiger partial charge in [0, 0.05) is 25.2 Å². The van der Waals surface area contributed by atoms with E-state index in [-0.39, 0.29) is 12.0 Å². The molecule has 1 saturated carbocycles. The molecule has 5 nitrogen and oxygen atoms in total. The van der Waals surface area contributed by atoms with Gasteiger partial charge in [-0.15, -0.1) is 0 Å². The minimum atomic E-state index is -0.630. The van der Waals surface area contributed by atoms with Gasteiger partial charge in [-0.05, 0) is 44.7 Å². The second-order valence-electron chi connectivity index (χ2n) is 6.67. The van der Waals surface area contributed by atoms with Gasteiger partial charge in [0.25, 0.3) is 0 Å². The first-order valence-electron chi connectivity index (χ1n) is 8.12. The number of nitrogens with zero attached hydrogens (tertiary/aromatic N) is 1. The molecular formula is C18H26N2O3. The molecule has 2 amide bonds. The van der Waals surface area contributed by atoms with Crippen LogP contribution in [0.5, 0.6) is 0 Å². The van der Waals surface area contributed by atoms with Crippen LogP contribution in [0.2, 0.25) is 0 Å². The molecule has 0 aromatic heterocycles. The van der Waals surface area contributed by atoms with Crippen molar-refractivity contribution in [3.05, 3.63) is 28.8 Å². The van der Waals surface area contributed by atoms with Crippen molar-refractivity contribution >= 4 is 17.5 Å². The van der Waals surface area contributed by atoms with Crippen LogP contribution in [0.25, 0.3) is 0 Å². The molecular weight excluding hydrogens is 292 g/mol. The van der Waals surface area contributed by atoms with Crippen molar-refractivity contribution in [2.45, 2.75) is 46.1 Å². The quantitative estimate of drug-likeness (QED) is 0.839. The summed E-state index contributed by atoms with van der Waals surface area (Å²) < 4.78 is 0. The Bertz CT molecular complexity index is 589. The molecule has 1 aromatic carbocycles. The summed E-state index contributed by atoms with van der Waals surface area (Å²) in [5.74, 6) is -1.13. The highest BCUT2D eigenvalue weighted by Gasteiger charge is 2.29. The van der Waals surface area contributed by atoms with Crippen LogP contribution in [-0.4, -0.2) is 41.5 Å². The lowest BCUT2D eigenvalue weighted by Crippen LogP contribution is -2.41. The second-order valence-corrected chi connectivity index (χ2v) is 6.67. The van der Waals surface area contributed by atoms with Crippen molar-refractivity contribution in [3.8, 4) is 0 Å². The van der Waals surface area contributed by atoms with Crippen LogP contribution in [0.3, 0.4) is 0 Å². The fourth-order valence-electron chi connectivity index (χ4n) is 3.38. The molecule has 0 heterocycles. The van der Waals surface area contributed by atoms with Gasteiger partial charge in [0.1, 0.15) is 0 Å². The van der Waals surface area contributed by atoms with Crippen molar-refractivity contribution in [2.24, 2.45) is 5.92 Å². The van der Waals surface area contributed by atoms with Crippen molar-refractivity contribution in [1.82, 2.24) is 4.90 Å². The summed E-state index contributed by atoms with van der Waals surface area (Å²) >= 11 is 0. The SMILES string of the molecule is Cc1cc(C)c(NC(=O)C(=O)N(C)CC2CCCC2O)c(C)c1. The maximum absolute atomic E-state index is 12.3. The average Bonchev–Trinajstić information content (AvgIpc) is 2.87. The molecule has 0 bridgehead atoms. The third kappa shape index (κ3) is 4.10. The first kappa shape index (κ1) is 17.5. The Hall–Kier alpha value is -1.88. The van der Waals surface area contributed by atoms with Crippen molar-refractivity contribution in [3.63, 3.8) is 0 Å². The highest BCUT2D eigenvalue weighted by molar-refractivity contribution is 6.39. The van der Waals surface area contributed by atoms with E-state index in [1.807, 2.05) is 32.9 Å². The van der Waals surface area contributed by atoms with Crippen LogP contribution in [-0.2, 0) is 9.59 Å². The number of carbonyl (C=O) groups excluding carboxylic acids is 2. The summed E-state index contributed by atoms with van der Waals surface area (Å²) in [4.78, 5) is 25.9. The highest BCUT2D eigenvalue weighted by atomic mass is 16.3. The smallest absolute Gasteiger partial charge is 0.313 e. The predicted octanol–water partition coefficient (Wildman–Crippen LogP) is 2.17. The number of benzene rings is 1. The number of likely N-dealkylation sites (N-methyl/N-ethyl adjacent to an activating group) is 1. The molecule has 2 rings (SSSR count). The first-order chi connectivity index (χ1) is 10.8. The maximum Gasteiger partial charge on any atom is 0.313 e. The molecule has 1 fully saturated rings. The number of hydrogen-bond acceptors (Lipinski definition) is 3. The average molecular weight is 318 g/mol. The number of nitrogens with one attached hydrogen (secondary N) is 1. The molecule has 1 aliphatic rings. The topological polar surface area (TPSA) is 69.6 Å². The fourth-order valence-corrected chi connectivity index (χ4v) is 3.38. The Morgan fingerprint density at radius 3 is 2.35 bits per heavy atom. The first-order valence-corrected chi connectivity index (χ1v) is 8.12. The molecule has 0 spiro atoms. The van der Waals surface area contributed by atoms with Crippen molar-refractivity contribution in [1.29, 1.82) is 0 Å². The standard InChI is InChI=1S/C18H26N2O3/c1-11-8-12(2)16(13(3)9-11)19-17(22)18(23)20(4)10-14-6-5-7-15(14)21/h8-9,14-15,21H,5-7,10H2,1-4H3,(H,19,22). The summed E-state index contributed by atoms with van der Waals surface area (Å²) in [6, 6.07) is 3.96. The number of aliphatic hydroxyl groups is 1. The lowest BCUT2D eigenvalue weighted by molar-refractivity contribution is -0.142. The van der Waals surface area contributed by atoms with E-state index >= 15 is 0 Å². The zero-order chi connectivity index (χ0) is 17.1. The summed E-state index contributed by atoms with van der Waals surface area (Å²) in [6.45, 7) is 6.24. The Morgan fingerprint density at radius 1 is 1.22 bits per heavy atom. The molecule has 126 valence electrons. The number of aryl methyl sites for hydroxylation is 3. The minimum Gasteiger partial charge on any atom is -0.393 e. The van der Waals surface area contributed by atoms with Crippen LogP contribution in [0.15, 0.2) is 12.1 Å². The monoisotopic (exact) mass is 318 g/mol. The van der Waals surface area contributed by atoms with E-state index in [0.29, 0.717) is 12.2 Å². The van der Waals surface area contributed by atoms with Gasteiger partial charge in [0.15, 0.2) is 0 Å². The van der Waals surface area contributed by atoms with Gasteiger partial charge in [-0.1, -0.05) is 24.1 Å². The number of anilines is 1. The number of amides is 2. The third-order valence-corrected chi connectivity index (χ3v) is 4.58. The highest BCUT2D eigenvalue weighted by Crippen LogP contribution is 2.26. The predicted molar refractivity (Wildman–Crippen MR) is 90.3 cm³/mol. The molecule has 2 atom stereocenters. The summed E-state index contributed by atoms with van der Waals surface area (Å²) in [6.07, 6.45) is 2.29. The van der Waals surface area contributed by atoms with Gasteiger partial charge >= 0.3 is 11.8 Å². The Labute approximate surface area is 137 Å². The van der Waals surface area contributed by atoms with Crippen molar-refractivity contribution < 1.29 is 14.7 Å². The van der Waals surface area contributed by atoms with Gasteiger partial charge in [0.05, 0.1) is 6.10 Å². The molecule has 5 heteroatoms. The van der Waals surface area contributed by atoms with Gasteiger partial charge in [-0.25, -0.2) is 0 Å². The number of aliphatic hydroxyl groups excluding tert-OH is 1. The van der Waals surface area contributed by atoms with Crippen molar-refractivity contribution in [2.75, 3.05) is 18.9 Å². The Morgan fingerprint density at radius 2 is 1.83 bits per heavy atom. The molecule has 2 N–H and O–H groups in total. The van der Waals surface area contributed by atoms with Gasteiger partial charge in [-0.2, -0.15) is 0 Å². The van der Waals surface area contributed by atoms with Crippen LogP contribution in [0.4, 0.5) is 5.69 Å². The molecule has 23 heavy (non-hydrogen) atoms. The Kier molecular flexibility index (Phi) is 5.42. The fraction of sp³-hybridized carbons (Fsp3) is 0.556. The number of hydrogen-bond donors (Lipinski definition) is 2. The molecule has 1 aliphatic carbocycles. The van der Waals surface area contributed by atoms with E-state index in [2.05, 4.69) is 5.32 Å². The van der Waals surface area contributed by atoms with Crippen LogP contribution in [0.1, 0.15) is 36.0 Å². The van der Waals surface area contributed by atoms with Crippen LogP contribution >= 0.6 is 0 Å². The molecule has 0 saturated heterocycles. The third-order valence-electron chi connectivity index (χ3n) is 4.58. The molecule has 2 unspecified atom stereocenters. The zero-order valence-corrected chi connectivity index (χ0v) is 14.3. The van der Waals surface area contributed by atoms with E-state index in [4.69, 9.17) is 0 Å². The van der Waals surface area contributed by atoms with E-state index in [1.165, 1.54) is 4.90 Å². The maximum atomic E-state index is 12.3. The van der Waals surface area contributed by atoms with Gasteiger partial charge in [-0.3, -0.25) is 9.59 Å². The molecule has 0 radical (unpaired) electrons. The Balaban J connectivity index is 2.01. The lowest BCUT2D eigenvalue weighted by atomic mass is 10.0. The van der Waals surface area contributed by atoms with Crippen LogP contribution < -0.4 is 5.32 Å². The lowest BCUT2D eigenvalue weighted by Gasteiger charge is -2.23. The van der Waals surface area contributed by atoms with Crippen LogP contribution in [0, 0.1) is 26.7 Å². The summed E-state index contributed by atoms with van der Waals surface area (Å²) in [7, 11) is 1.61. The minimum absolute atomic E-state index is 0.0691. The second kappa shape index (κ2) is 7.13. The van der Waals surface area contributed by atoms with Gasteiger partial charge < -0.3 is 15.3 Å². The van der Waals surface area contributed by atoms with E-state index in [0.717, 1.165) is 36.0 Å². The number of rotatable bonds is 3. The molecule has 1 aromatic rings. The van der Waals surface area contributed by atoms with E-state index < -0.39 is 11.8 Å².